The quantitative estimate of drug-likeness (QED) is 0.525. The van der Waals surface area contributed by atoms with Crippen molar-refractivity contribution in [3.8, 4) is 0 Å². The van der Waals surface area contributed by atoms with Gasteiger partial charge in [-0.25, -0.2) is 0 Å². The third-order valence-electron chi connectivity index (χ3n) is 2.63. The molecule has 0 aromatic rings. The van der Waals surface area contributed by atoms with Crippen LogP contribution in [0.3, 0.4) is 0 Å². The normalized spacial score (nSPS) is 19.2. The van der Waals surface area contributed by atoms with Crippen molar-refractivity contribution in [3.63, 3.8) is 0 Å². The molecule has 1 aliphatic carbocycles. The van der Waals surface area contributed by atoms with Crippen molar-refractivity contribution < 1.29 is 14.6 Å². The highest BCUT2D eigenvalue weighted by molar-refractivity contribution is 5.78. The lowest BCUT2D eigenvalue weighted by molar-refractivity contribution is -0.121. The van der Waals surface area contributed by atoms with Crippen LogP contribution in [0.1, 0.15) is 19.8 Å². The minimum absolute atomic E-state index is 0.0210. The van der Waals surface area contributed by atoms with E-state index in [-0.39, 0.29) is 24.6 Å². The number of rotatable bonds is 8. The van der Waals surface area contributed by atoms with E-state index in [0.717, 1.165) is 12.8 Å². The van der Waals surface area contributed by atoms with E-state index in [0.29, 0.717) is 19.1 Å². The van der Waals surface area contributed by atoms with Crippen molar-refractivity contribution in [3.05, 3.63) is 0 Å². The molecule has 0 radical (unpaired) electrons. The zero-order valence-electron chi connectivity index (χ0n) is 10.0. The number of aliphatic hydroxyl groups excluding tert-OH is 1. The van der Waals surface area contributed by atoms with Crippen LogP contribution in [0.25, 0.3) is 0 Å². The van der Waals surface area contributed by atoms with Gasteiger partial charge in [0.1, 0.15) is 0 Å². The van der Waals surface area contributed by atoms with E-state index in [1.165, 1.54) is 0 Å². The van der Waals surface area contributed by atoms with Gasteiger partial charge in [-0.3, -0.25) is 4.79 Å². The topological polar surface area (TPSA) is 70.6 Å². The molecule has 2 atom stereocenters. The summed E-state index contributed by atoms with van der Waals surface area (Å²) in [5, 5.41) is 15.3. The van der Waals surface area contributed by atoms with E-state index < -0.39 is 0 Å². The monoisotopic (exact) mass is 230 g/mol. The fourth-order valence-electron chi connectivity index (χ4n) is 1.60. The average Bonchev–Trinajstić information content (AvgIpc) is 3.00. The molecule has 1 saturated carbocycles. The Morgan fingerprint density at radius 1 is 1.56 bits per heavy atom. The second-order valence-electron chi connectivity index (χ2n) is 4.46. The summed E-state index contributed by atoms with van der Waals surface area (Å²) in [6.07, 6.45) is 1.92. The van der Waals surface area contributed by atoms with Gasteiger partial charge in [0.2, 0.25) is 5.91 Å². The summed E-state index contributed by atoms with van der Waals surface area (Å²) in [6, 6.07) is 0.0210. The minimum Gasteiger partial charge on any atom is -0.392 e. The molecule has 94 valence electrons. The van der Waals surface area contributed by atoms with Crippen molar-refractivity contribution in [2.45, 2.75) is 31.9 Å². The van der Waals surface area contributed by atoms with Gasteiger partial charge in [-0.1, -0.05) is 0 Å². The second-order valence-corrected chi connectivity index (χ2v) is 4.46. The Kier molecular flexibility index (Phi) is 5.73. The van der Waals surface area contributed by atoms with E-state index in [4.69, 9.17) is 4.74 Å². The van der Waals surface area contributed by atoms with Gasteiger partial charge < -0.3 is 20.5 Å². The molecule has 0 spiro atoms. The number of hydrogen-bond donors (Lipinski definition) is 3. The predicted octanol–water partition coefficient (Wildman–Crippen LogP) is -0.502. The Labute approximate surface area is 96.6 Å². The van der Waals surface area contributed by atoms with Crippen LogP contribution in [-0.4, -0.2) is 50.0 Å². The first kappa shape index (κ1) is 13.4. The molecule has 0 saturated heterocycles. The summed E-state index contributed by atoms with van der Waals surface area (Å²) < 4.78 is 4.91. The maximum atomic E-state index is 11.4. The third kappa shape index (κ3) is 5.44. The number of ether oxygens (including phenoxy) is 1. The molecule has 5 heteroatoms. The van der Waals surface area contributed by atoms with Gasteiger partial charge in [-0.05, 0) is 25.7 Å². The Morgan fingerprint density at radius 3 is 2.81 bits per heavy atom. The molecule has 16 heavy (non-hydrogen) atoms. The Balaban J connectivity index is 2.00. The number of hydrogen-bond acceptors (Lipinski definition) is 4. The summed E-state index contributed by atoms with van der Waals surface area (Å²) in [7, 11) is 1.60. The molecule has 2 unspecified atom stereocenters. The molecule has 1 amide bonds. The lowest BCUT2D eigenvalue weighted by Gasteiger charge is -2.14. The standard InChI is InChI=1S/C11H22N2O3/c1-8(7-16-2)13-11(15)6-12-5-10(14)9-3-4-9/h8-10,12,14H,3-7H2,1-2H3,(H,13,15). The van der Waals surface area contributed by atoms with Crippen LogP contribution < -0.4 is 10.6 Å². The van der Waals surface area contributed by atoms with E-state index in [9.17, 15) is 9.90 Å². The summed E-state index contributed by atoms with van der Waals surface area (Å²) in [5.41, 5.74) is 0. The highest BCUT2D eigenvalue weighted by Gasteiger charge is 2.29. The first-order chi connectivity index (χ1) is 7.63. The molecule has 1 rings (SSSR count). The third-order valence-corrected chi connectivity index (χ3v) is 2.63. The Hall–Kier alpha value is -0.650. The van der Waals surface area contributed by atoms with Crippen LogP contribution in [0.4, 0.5) is 0 Å². The highest BCUT2D eigenvalue weighted by atomic mass is 16.5. The summed E-state index contributed by atoms with van der Waals surface area (Å²) in [6.45, 7) is 3.14. The average molecular weight is 230 g/mol. The van der Waals surface area contributed by atoms with Gasteiger partial charge in [0, 0.05) is 19.7 Å². The van der Waals surface area contributed by atoms with E-state index in [1.807, 2.05) is 6.92 Å². The molecule has 0 aliphatic heterocycles. The number of aliphatic hydroxyl groups is 1. The second kappa shape index (κ2) is 6.83. The summed E-state index contributed by atoms with van der Waals surface area (Å²) in [5.74, 6) is 0.385. The van der Waals surface area contributed by atoms with Gasteiger partial charge >= 0.3 is 0 Å². The highest BCUT2D eigenvalue weighted by Crippen LogP contribution is 2.32. The number of carbonyl (C=O) groups is 1. The summed E-state index contributed by atoms with van der Waals surface area (Å²) >= 11 is 0. The minimum atomic E-state index is -0.302. The lowest BCUT2D eigenvalue weighted by Crippen LogP contribution is -2.42. The number of methoxy groups -OCH3 is 1. The zero-order valence-corrected chi connectivity index (χ0v) is 10.0. The molecule has 0 aromatic carbocycles. The van der Waals surface area contributed by atoms with Gasteiger partial charge in [0.25, 0.3) is 0 Å². The lowest BCUT2D eigenvalue weighted by atomic mass is 10.2. The molecule has 0 bridgehead atoms. The van der Waals surface area contributed by atoms with Gasteiger partial charge in [0.05, 0.1) is 19.3 Å². The van der Waals surface area contributed by atoms with Crippen LogP contribution in [0, 0.1) is 5.92 Å². The van der Waals surface area contributed by atoms with Gasteiger partial charge in [0.15, 0.2) is 0 Å². The SMILES string of the molecule is COCC(C)NC(=O)CNCC(O)C1CC1. The first-order valence-electron chi connectivity index (χ1n) is 5.80. The van der Waals surface area contributed by atoms with Crippen LogP contribution >= 0.6 is 0 Å². The molecular weight excluding hydrogens is 208 g/mol. The van der Waals surface area contributed by atoms with Crippen LogP contribution in [0.15, 0.2) is 0 Å². The molecule has 1 aliphatic rings. The van der Waals surface area contributed by atoms with Crippen molar-refractivity contribution in [2.24, 2.45) is 5.92 Å². The van der Waals surface area contributed by atoms with Gasteiger partial charge in [-0.15, -0.1) is 0 Å². The van der Waals surface area contributed by atoms with Crippen molar-refractivity contribution in [2.75, 3.05) is 26.8 Å². The maximum Gasteiger partial charge on any atom is 0.234 e. The smallest absolute Gasteiger partial charge is 0.234 e. The predicted molar refractivity (Wildman–Crippen MR) is 61.1 cm³/mol. The fraction of sp³-hybridized carbons (Fsp3) is 0.909. The largest absolute Gasteiger partial charge is 0.392 e. The van der Waals surface area contributed by atoms with Crippen LogP contribution in [0.2, 0.25) is 0 Å². The van der Waals surface area contributed by atoms with E-state index in [1.54, 1.807) is 7.11 Å². The van der Waals surface area contributed by atoms with E-state index >= 15 is 0 Å². The van der Waals surface area contributed by atoms with Crippen molar-refractivity contribution in [1.29, 1.82) is 0 Å². The van der Waals surface area contributed by atoms with Gasteiger partial charge in [-0.2, -0.15) is 0 Å². The first-order valence-corrected chi connectivity index (χ1v) is 5.80. The molecule has 1 fully saturated rings. The number of nitrogens with one attached hydrogen (secondary N) is 2. The van der Waals surface area contributed by atoms with E-state index in [2.05, 4.69) is 10.6 Å². The molecule has 0 aromatic heterocycles. The van der Waals surface area contributed by atoms with Crippen molar-refractivity contribution >= 4 is 5.91 Å². The Morgan fingerprint density at radius 2 is 2.25 bits per heavy atom. The molecule has 3 N–H and O–H groups in total. The Bertz CT molecular complexity index is 219. The van der Waals surface area contributed by atoms with Crippen LogP contribution in [0.5, 0.6) is 0 Å². The molecule has 5 nitrogen and oxygen atoms in total. The number of carbonyl (C=O) groups excluding carboxylic acids is 1. The van der Waals surface area contributed by atoms with Crippen molar-refractivity contribution in [1.82, 2.24) is 10.6 Å². The number of amides is 1. The maximum absolute atomic E-state index is 11.4. The fourth-order valence-corrected chi connectivity index (χ4v) is 1.60. The summed E-state index contributed by atoms with van der Waals surface area (Å²) in [4.78, 5) is 11.4. The molecule has 0 heterocycles. The van der Waals surface area contributed by atoms with Crippen LogP contribution in [-0.2, 0) is 9.53 Å². The zero-order chi connectivity index (χ0) is 12.0. The molecular formula is C11H22N2O3.